The molecular formula is C26H29N5O3S. The number of hydrogen-bond donors (Lipinski definition) is 0. The third-order valence-electron chi connectivity index (χ3n) is 5.64. The standard InChI is InChI=1S/C26H29N5O3S/c1-16(2)31(17(3)4)24(32)18(5)35-26-28-27-23(34-26)22-20-13-9-10-14-21(20)25(33)30(29-22)15-19-11-7-6-8-12-19/h6-14,16-18H,15H2,1-5H3. The highest BCUT2D eigenvalue weighted by molar-refractivity contribution is 8.00. The van der Waals surface area contributed by atoms with Crippen molar-refractivity contribution >= 4 is 28.4 Å². The van der Waals surface area contributed by atoms with Gasteiger partial charge in [0.25, 0.3) is 16.7 Å². The molecule has 2 aromatic carbocycles. The minimum Gasteiger partial charge on any atom is -0.409 e. The molecule has 35 heavy (non-hydrogen) atoms. The van der Waals surface area contributed by atoms with Gasteiger partial charge in [0, 0.05) is 17.5 Å². The van der Waals surface area contributed by atoms with Crippen LogP contribution in [-0.2, 0) is 11.3 Å². The van der Waals surface area contributed by atoms with Gasteiger partial charge in [-0.15, -0.1) is 10.2 Å². The van der Waals surface area contributed by atoms with Gasteiger partial charge in [0.1, 0.15) is 0 Å². The number of thioether (sulfide) groups is 1. The second kappa shape index (κ2) is 10.4. The third kappa shape index (κ3) is 5.30. The molecule has 1 atom stereocenters. The summed E-state index contributed by atoms with van der Waals surface area (Å²) < 4.78 is 7.35. The summed E-state index contributed by atoms with van der Waals surface area (Å²) in [6.07, 6.45) is 0. The van der Waals surface area contributed by atoms with Crippen LogP contribution < -0.4 is 5.56 Å². The predicted octanol–water partition coefficient (Wildman–Crippen LogP) is 4.62. The van der Waals surface area contributed by atoms with Gasteiger partial charge in [-0.2, -0.15) is 5.10 Å². The number of carbonyl (C=O) groups is 1. The topological polar surface area (TPSA) is 94.1 Å². The maximum atomic E-state index is 13.1. The number of carbonyl (C=O) groups excluding carboxylic acids is 1. The average Bonchev–Trinajstić information content (AvgIpc) is 3.29. The van der Waals surface area contributed by atoms with Crippen LogP contribution in [0.15, 0.2) is 69.0 Å². The van der Waals surface area contributed by atoms with Crippen LogP contribution in [0.25, 0.3) is 22.4 Å². The van der Waals surface area contributed by atoms with Crippen molar-refractivity contribution in [1.82, 2.24) is 24.9 Å². The maximum Gasteiger partial charge on any atom is 0.277 e. The lowest BCUT2D eigenvalue weighted by Gasteiger charge is -2.32. The predicted molar refractivity (Wildman–Crippen MR) is 137 cm³/mol. The maximum absolute atomic E-state index is 13.1. The largest absolute Gasteiger partial charge is 0.409 e. The quantitative estimate of drug-likeness (QED) is 0.332. The molecule has 4 aromatic rings. The van der Waals surface area contributed by atoms with Crippen LogP contribution in [0.5, 0.6) is 0 Å². The number of nitrogens with zero attached hydrogens (tertiary/aromatic N) is 5. The molecule has 0 aliphatic rings. The third-order valence-corrected chi connectivity index (χ3v) is 6.57. The van der Waals surface area contributed by atoms with E-state index in [-0.39, 0.29) is 34.7 Å². The van der Waals surface area contributed by atoms with Gasteiger partial charge in [-0.05, 0) is 46.2 Å². The Balaban J connectivity index is 1.66. The van der Waals surface area contributed by atoms with Gasteiger partial charge in [0.15, 0.2) is 5.69 Å². The Morgan fingerprint density at radius 2 is 1.57 bits per heavy atom. The zero-order valence-electron chi connectivity index (χ0n) is 20.5. The monoisotopic (exact) mass is 491 g/mol. The Labute approximate surface area is 208 Å². The minimum absolute atomic E-state index is 0.0136. The molecule has 0 radical (unpaired) electrons. The van der Waals surface area contributed by atoms with Crippen LogP contribution in [0.4, 0.5) is 0 Å². The highest BCUT2D eigenvalue weighted by atomic mass is 32.2. The average molecular weight is 492 g/mol. The number of fused-ring (bicyclic) bond motifs is 1. The molecule has 9 heteroatoms. The molecule has 1 amide bonds. The molecule has 0 bridgehead atoms. The summed E-state index contributed by atoms with van der Waals surface area (Å²) >= 11 is 1.22. The van der Waals surface area contributed by atoms with E-state index in [9.17, 15) is 9.59 Å². The fourth-order valence-corrected chi connectivity index (χ4v) is 4.87. The smallest absolute Gasteiger partial charge is 0.277 e. The van der Waals surface area contributed by atoms with Crippen LogP contribution in [0.3, 0.4) is 0 Å². The van der Waals surface area contributed by atoms with E-state index in [1.54, 1.807) is 6.07 Å². The summed E-state index contributed by atoms with van der Waals surface area (Å²) in [6.45, 7) is 10.2. The van der Waals surface area contributed by atoms with E-state index in [2.05, 4.69) is 15.3 Å². The van der Waals surface area contributed by atoms with Gasteiger partial charge in [0.05, 0.1) is 17.2 Å². The first kappa shape index (κ1) is 24.7. The van der Waals surface area contributed by atoms with E-state index in [0.717, 1.165) is 5.56 Å². The number of benzene rings is 2. The number of amides is 1. The van der Waals surface area contributed by atoms with Crippen molar-refractivity contribution in [3.05, 3.63) is 70.5 Å². The summed E-state index contributed by atoms with van der Waals surface area (Å²) in [5, 5.41) is 14.0. The Morgan fingerprint density at radius 1 is 0.943 bits per heavy atom. The molecule has 0 aliphatic carbocycles. The fourth-order valence-electron chi connectivity index (χ4n) is 4.13. The van der Waals surface area contributed by atoms with Crippen LogP contribution in [0.1, 0.15) is 40.2 Å². The lowest BCUT2D eigenvalue weighted by atomic mass is 10.1. The summed E-state index contributed by atoms with van der Waals surface area (Å²) in [7, 11) is 0. The lowest BCUT2D eigenvalue weighted by molar-refractivity contribution is -0.133. The summed E-state index contributed by atoms with van der Waals surface area (Å²) in [5.41, 5.74) is 1.20. The van der Waals surface area contributed by atoms with Gasteiger partial charge in [-0.25, -0.2) is 4.68 Å². The zero-order chi connectivity index (χ0) is 25.1. The van der Waals surface area contributed by atoms with Gasteiger partial charge >= 0.3 is 0 Å². The van der Waals surface area contributed by atoms with E-state index in [1.807, 2.05) is 88.0 Å². The van der Waals surface area contributed by atoms with E-state index >= 15 is 0 Å². The van der Waals surface area contributed by atoms with Gasteiger partial charge in [-0.3, -0.25) is 9.59 Å². The Morgan fingerprint density at radius 3 is 2.23 bits per heavy atom. The van der Waals surface area contributed by atoms with Crippen LogP contribution >= 0.6 is 11.8 Å². The van der Waals surface area contributed by atoms with Crippen molar-refractivity contribution in [3.63, 3.8) is 0 Å². The molecule has 0 N–H and O–H groups in total. The molecular weight excluding hydrogens is 462 g/mol. The molecule has 0 saturated carbocycles. The molecule has 1 unspecified atom stereocenters. The Bertz CT molecular complexity index is 1370. The van der Waals surface area contributed by atoms with Crippen LogP contribution in [0.2, 0.25) is 0 Å². The molecule has 2 aromatic heterocycles. The van der Waals surface area contributed by atoms with Crippen molar-refractivity contribution in [2.24, 2.45) is 0 Å². The Hall–Kier alpha value is -3.46. The second-order valence-electron chi connectivity index (χ2n) is 8.91. The van der Waals surface area contributed by atoms with E-state index in [0.29, 0.717) is 23.0 Å². The molecule has 0 spiro atoms. The second-order valence-corrected chi connectivity index (χ2v) is 10.2. The fraction of sp³-hybridized carbons (Fsp3) is 0.346. The van der Waals surface area contributed by atoms with Crippen LogP contribution in [-0.4, -0.2) is 48.1 Å². The summed E-state index contributed by atoms with van der Waals surface area (Å²) in [6, 6.07) is 17.1. The van der Waals surface area contributed by atoms with E-state index in [4.69, 9.17) is 4.42 Å². The van der Waals surface area contributed by atoms with Gasteiger partial charge in [0.2, 0.25) is 5.91 Å². The highest BCUT2D eigenvalue weighted by Crippen LogP contribution is 2.29. The molecule has 0 saturated heterocycles. The number of aromatic nitrogens is 4. The molecule has 0 aliphatic heterocycles. The summed E-state index contributed by atoms with van der Waals surface area (Å²) in [4.78, 5) is 28.0. The lowest BCUT2D eigenvalue weighted by Crippen LogP contribution is -2.45. The first-order valence-electron chi connectivity index (χ1n) is 11.6. The first-order chi connectivity index (χ1) is 16.8. The normalized spacial score (nSPS) is 12.4. The highest BCUT2D eigenvalue weighted by Gasteiger charge is 2.28. The van der Waals surface area contributed by atoms with Gasteiger partial charge in [-0.1, -0.05) is 60.3 Å². The zero-order valence-corrected chi connectivity index (χ0v) is 21.3. The minimum atomic E-state index is -0.398. The molecule has 0 fully saturated rings. The molecule has 8 nitrogen and oxygen atoms in total. The van der Waals surface area contributed by atoms with Crippen LogP contribution in [0, 0.1) is 0 Å². The SMILES string of the molecule is CC(Sc1nnc(-c2nn(Cc3ccccc3)c(=O)c3ccccc23)o1)C(=O)N(C(C)C)C(C)C. The Kier molecular flexibility index (Phi) is 7.35. The molecule has 2 heterocycles. The van der Waals surface area contributed by atoms with E-state index in [1.165, 1.54) is 16.4 Å². The molecule has 182 valence electrons. The first-order valence-corrected chi connectivity index (χ1v) is 12.5. The van der Waals surface area contributed by atoms with E-state index < -0.39 is 5.25 Å². The molecule has 4 rings (SSSR count). The summed E-state index contributed by atoms with van der Waals surface area (Å²) in [5.74, 6) is 0.217. The number of rotatable bonds is 8. The van der Waals surface area contributed by atoms with Crippen molar-refractivity contribution < 1.29 is 9.21 Å². The van der Waals surface area contributed by atoms with Crippen molar-refractivity contribution in [3.8, 4) is 11.6 Å². The van der Waals surface area contributed by atoms with Crippen molar-refractivity contribution in [2.45, 2.75) is 63.7 Å². The van der Waals surface area contributed by atoms with Crippen molar-refractivity contribution in [1.29, 1.82) is 0 Å². The van der Waals surface area contributed by atoms with Gasteiger partial charge < -0.3 is 9.32 Å². The number of hydrogen-bond acceptors (Lipinski definition) is 7. The van der Waals surface area contributed by atoms with Crippen molar-refractivity contribution in [2.75, 3.05) is 0 Å².